The lowest BCUT2D eigenvalue weighted by Gasteiger charge is -2.18. The summed E-state index contributed by atoms with van der Waals surface area (Å²) in [5, 5.41) is 4.63. The van der Waals surface area contributed by atoms with Crippen molar-refractivity contribution in [2.24, 2.45) is 5.92 Å². The van der Waals surface area contributed by atoms with E-state index in [1.807, 2.05) is 30.9 Å². The zero-order valence-electron chi connectivity index (χ0n) is 10.4. The van der Waals surface area contributed by atoms with Gasteiger partial charge in [-0.25, -0.2) is 0 Å². The van der Waals surface area contributed by atoms with Crippen LogP contribution in [0.3, 0.4) is 0 Å². The van der Waals surface area contributed by atoms with Crippen LogP contribution in [0.15, 0.2) is 23.1 Å². The number of nitrogens with one attached hydrogen (secondary N) is 1. The molecule has 0 spiro atoms. The first-order valence-electron chi connectivity index (χ1n) is 5.65. The topological polar surface area (TPSA) is 12.0 Å². The normalized spacial score (nSPS) is 13.1. The van der Waals surface area contributed by atoms with E-state index in [4.69, 9.17) is 11.6 Å². The summed E-state index contributed by atoms with van der Waals surface area (Å²) in [6.45, 7) is 7.61. The molecule has 0 saturated carbocycles. The lowest BCUT2D eigenvalue weighted by Crippen LogP contribution is -2.09. The lowest BCUT2D eigenvalue weighted by molar-refractivity contribution is 0.642. The third-order valence-electron chi connectivity index (χ3n) is 2.66. The number of thioether (sulfide) groups is 1. The average Bonchev–Trinajstić information content (AvgIpc) is 2.23. The van der Waals surface area contributed by atoms with Crippen LogP contribution in [-0.4, -0.2) is 12.3 Å². The number of rotatable bonds is 5. The van der Waals surface area contributed by atoms with Gasteiger partial charge in [0, 0.05) is 16.7 Å². The van der Waals surface area contributed by atoms with Crippen LogP contribution < -0.4 is 5.32 Å². The van der Waals surface area contributed by atoms with E-state index < -0.39 is 0 Å². The van der Waals surface area contributed by atoms with Gasteiger partial charge in [-0.3, -0.25) is 0 Å². The summed E-state index contributed by atoms with van der Waals surface area (Å²) < 4.78 is 0. The molecule has 1 aromatic rings. The highest BCUT2D eigenvalue weighted by Crippen LogP contribution is 2.35. The summed E-state index contributed by atoms with van der Waals surface area (Å²) in [4.78, 5) is 1.22. The van der Waals surface area contributed by atoms with E-state index in [-0.39, 0.29) is 0 Å². The quantitative estimate of drug-likeness (QED) is 0.794. The highest BCUT2D eigenvalue weighted by atomic mass is 35.5. The standard InChI is InChI=1S/C13H20ClNS/c1-9(2)10(3)16-13-11(8-15-4)6-5-7-12(13)14/h5-7,9-10,15H,8H2,1-4H3. The molecule has 0 heterocycles. The highest BCUT2D eigenvalue weighted by Gasteiger charge is 2.14. The van der Waals surface area contributed by atoms with Crippen molar-refractivity contribution >= 4 is 23.4 Å². The van der Waals surface area contributed by atoms with Gasteiger partial charge in [0.1, 0.15) is 0 Å². The second-order valence-electron chi connectivity index (χ2n) is 4.33. The molecule has 1 N–H and O–H groups in total. The average molecular weight is 258 g/mol. The van der Waals surface area contributed by atoms with Crippen LogP contribution in [0.25, 0.3) is 0 Å². The van der Waals surface area contributed by atoms with Crippen LogP contribution in [0.5, 0.6) is 0 Å². The highest BCUT2D eigenvalue weighted by molar-refractivity contribution is 8.00. The molecule has 1 nitrogen and oxygen atoms in total. The Morgan fingerprint density at radius 2 is 2.00 bits per heavy atom. The molecule has 0 radical (unpaired) electrons. The molecule has 0 aromatic heterocycles. The molecule has 1 rings (SSSR count). The van der Waals surface area contributed by atoms with Gasteiger partial charge < -0.3 is 5.32 Å². The van der Waals surface area contributed by atoms with Crippen LogP contribution in [0.2, 0.25) is 5.02 Å². The summed E-state index contributed by atoms with van der Waals surface area (Å²) in [6.07, 6.45) is 0. The molecule has 0 aliphatic carbocycles. The molecule has 1 unspecified atom stereocenters. The molecule has 3 heteroatoms. The third-order valence-corrected chi connectivity index (χ3v) is 4.72. The Morgan fingerprint density at radius 3 is 2.56 bits per heavy atom. The van der Waals surface area contributed by atoms with Gasteiger partial charge in [0.05, 0.1) is 5.02 Å². The smallest absolute Gasteiger partial charge is 0.0545 e. The van der Waals surface area contributed by atoms with E-state index in [1.54, 1.807) is 0 Å². The molecule has 0 saturated heterocycles. The molecule has 0 bridgehead atoms. The Bertz CT molecular complexity index is 339. The van der Waals surface area contributed by atoms with Crippen molar-refractivity contribution in [3.8, 4) is 0 Å². The summed E-state index contributed by atoms with van der Waals surface area (Å²) in [5.74, 6) is 0.656. The van der Waals surface area contributed by atoms with E-state index in [9.17, 15) is 0 Å². The van der Waals surface area contributed by atoms with Gasteiger partial charge in [-0.05, 0) is 24.6 Å². The molecule has 16 heavy (non-hydrogen) atoms. The SMILES string of the molecule is CNCc1cccc(Cl)c1SC(C)C(C)C. The fourth-order valence-corrected chi connectivity index (χ4v) is 2.78. The van der Waals surface area contributed by atoms with Gasteiger partial charge in [0.15, 0.2) is 0 Å². The Morgan fingerprint density at radius 1 is 1.31 bits per heavy atom. The number of hydrogen-bond acceptors (Lipinski definition) is 2. The van der Waals surface area contributed by atoms with Crippen LogP contribution in [0.1, 0.15) is 26.3 Å². The molecule has 0 amide bonds. The fraction of sp³-hybridized carbons (Fsp3) is 0.538. The minimum atomic E-state index is 0.579. The third kappa shape index (κ3) is 3.69. The van der Waals surface area contributed by atoms with Crippen molar-refractivity contribution in [1.29, 1.82) is 0 Å². The predicted octanol–water partition coefficient (Wildman–Crippen LogP) is 4.20. The Hall–Kier alpha value is -0.180. The summed E-state index contributed by atoms with van der Waals surface area (Å²) in [5.41, 5.74) is 1.28. The number of benzene rings is 1. The van der Waals surface area contributed by atoms with Gasteiger partial charge in [-0.2, -0.15) is 0 Å². The molecular weight excluding hydrogens is 238 g/mol. The second kappa shape index (κ2) is 6.53. The Labute approximate surface area is 108 Å². The van der Waals surface area contributed by atoms with Crippen molar-refractivity contribution < 1.29 is 0 Å². The maximum atomic E-state index is 6.27. The minimum absolute atomic E-state index is 0.579. The van der Waals surface area contributed by atoms with Crippen molar-refractivity contribution in [2.75, 3.05) is 7.05 Å². The van der Waals surface area contributed by atoms with Gasteiger partial charge in [-0.15, -0.1) is 11.8 Å². The van der Waals surface area contributed by atoms with Crippen LogP contribution in [-0.2, 0) is 6.54 Å². The molecule has 1 aromatic carbocycles. The molecule has 0 aliphatic heterocycles. The van der Waals surface area contributed by atoms with Gasteiger partial charge in [0.2, 0.25) is 0 Å². The molecule has 0 aliphatic rings. The van der Waals surface area contributed by atoms with Crippen LogP contribution in [0, 0.1) is 5.92 Å². The first kappa shape index (κ1) is 13.9. The molecule has 1 atom stereocenters. The first-order chi connectivity index (χ1) is 7.56. The maximum Gasteiger partial charge on any atom is 0.0545 e. The monoisotopic (exact) mass is 257 g/mol. The largest absolute Gasteiger partial charge is 0.316 e. The number of hydrogen-bond donors (Lipinski definition) is 1. The summed E-state index contributed by atoms with van der Waals surface area (Å²) in [6, 6.07) is 6.12. The van der Waals surface area contributed by atoms with Crippen LogP contribution >= 0.6 is 23.4 Å². The van der Waals surface area contributed by atoms with E-state index >= 15 is 0 Å². The van der Waals surface area contributed by atoms with Crippen LogP contribution in [0.4, 0.5) is 0 Å². The van der Waals surface area contributed by atoms with E-state index in [2.05, 4.69) is 32.2 Å². The Kier molecular flexibility index (Phi) is 5.67. The molecule has 90 valence electrons. The van der Waals surface area contributed by atoms with E-state index in [0.717, 1.165) is 11.6 Å². The van der Waals surface area contributed by atoms with Crippen molar-refractivity contribution in [1.82, 2.24) is 5.32 Å². The fourth-order valence-electron chi connectivity index (χ4n) is 1.34. The van der Waals surface area contributed by atoms with Crippen molar-refractivity contribution in [2.45, 2.75) is 37.5 Å². The summed E-state index contributed by atoms with van der Waals surface area (Å²) in [7, 11) is 1.96. The Balaban J connectivity index is 2.91. The number of halogens is 1. The zero-order chi connectivity index (χ0) is 12.1. The van der Waals surface area contributed by atoms with Crippen molar-refractivity contribution in [3.63, 3.8) is 0 Å². The zero-order valence-corrected chi connectivity index (χ0v) is 12.0. The maximum absolute atomic E-state index is 6.27. The van der Waals surface area contributed by atoms with E-state index in [0.29, 0.717) is 11.2 Å². The lowest BCUT2D eigenvalue weighted by atomic mass is 10.2. The van der Waals surface area contributed by atoms with Crippen molar-refractivity contribution in [3.05, 3.63) is 28.8 Å². The second-order valence-corrected chi connectivity index (χ2v) is 6.12. The van der Waals surface area contributed by atoms with Gasteiger partial charge >= 0.3 is 0 Å². The minimum Gasteiger partial charge on any atom is -0.316 e. The van der Waals surface area contributed by atoms with Gasteiger partial charge in [0.25, 0.3) is 0 Å². The molecule has 0 fully saturated rings. The van der Waals surface area contributed by atoms with E-state index in [1.165, 1.54) is 10.5 Å². The van der Waals surface area contributed by atoms with Gasteiger partial charge in [-0.1, -0.05) is 44.5 Å². The first-order valence-corrected chi connectivity index (χ1v) is 6.90. The molecular formula is C13H20ClNS. The summed E-state index contributed by atoms with van der Waals surface area (Å²) >= 11 is 8.14. The predicted molar refractivity (Wildman–Crippen MR) is 74.4 cm³/mol.